The van der Waals surface area contributed by atoms with E-state index in [4.69, 9.17) is 15.7 Å². The number of ether oxygens (including phenoxy) is 1. The maximum absolute atomic E-state index is 14.9. The first-order chi connectivity index (χ1) is 15.8. The Labute approximate surface area is 190 Å². The lowest BCUT2D eigenvalue weighted by Gasteiger charge is -2.17. The average molecular weight is 453 g/mol. The number of nitrogens with two attached hydrogens (primary N) is 1. The minimum absolute atomic E-state index is 0.0317. The molecule has 1 heterocycles. The van der Waals surface area contributed by atoms with E-state index in [9.17, 15) is 18.8 Å². The van der Waals surface area contributed by atoms with E-state index in [-0.39, 0.29) is 32.1 Å². The number of benzene rings is 2. The number of hydrogen-bond donors (Lipinski definition) is 2. The molecule has 9 nitrogen and oxygen atoms in total. The largest absolute Gasteiger partial charge is 0.442 e. The maximum Gasteiger partial charge on any atom is 0.414 e. The minimum Gasteiger partial charge on any atom is -0.442 e. The smallest absolute Gasteiger partial charge is 0.414 e. The van der Waals surface area contributed by atoms with Crippen molar-refractivity contribution >= 4 is 23.6 Å². The molecular formula is C23H24FN5O4. The summed E-state index contributed by atoms with van der Waals surface area (Å²) in [6.07, 6.45) is -1.11. The molecule has 0 unspecified atom stereocenters. The van der Waals surface area contributed by atoms with Crippen LogP contribution in [0.2, 0.25) is 0 Å². The predicted octanol–water partition coefficient (Wildman–Crippen LogP) is 1.76. The summed E-state index contributed by atoms with van der Waals surface area (Å²) in [5, 5.41) is 11.5. The number of hydrogen-bond acceptors (Lipinski definition) is 6. The minimum atomic E-state index is -0.597. The van der Waals surface area contributed by atoms with Gasteiger partial charge < -0.3 is 15.8 Å². The molecule has 0 saturated carbocycles. The number of anilines is 1. The first-order valence-electron chi connectivity index (χ1n) is 10.3. The zero-order valence-corrected chi connectivity index (χ0v) is 18.1. The molecule has 2 aromatic carbocycles. The van der Waals surface area contributed by atoms with Gasteiger partial charge in [-0.3, -0.25) is 19.4 Å². The fourth-order valence-electron chi connectivity index (χ4n) is 3.54. The fourth-order valence-corrected chi connectivity index (χ4v) is 3.54. The molecule has 1 atom stereocenters. The van der Waals surface area contributed by atoms with Crippen LogP contribution >= 0.6 is 0 Å². The highest BCUT2D eigenvalue weighted by atomic mass is 19.1. The van der Waals surface area contributed by atoms with Crippen molar-refractivity contribution in [2.45, 2.75) is 19.6 Å². The van der Waals surface area contributed by atoms with Crippen LogP contribution in [-0.2, 0) is 20.9 Å². The van der Waals surface area contributed by atoms with E-state index in [0.717, 1.165) is 5.56 Å². The molecule has 1 aliphatic heterocycles. The zero-order valence-electron chi connectivity index (χ0n) is 18.1. The second-order valence-electron chi connectivity index (χ2n) is 7.68. The van der Waals surface area contributed by atoms with Crippen LogP contribution in [0.15, 0.2) is 42.5 Å². The lowest BCUT2D eigenvalue weighted by molar-refractivity contribution is -0.120. The number of rotatable bonds is 9. The summed E-state index contributed by atoms with van der Waals surface area (Å²) in [4.78, 5) is 37.3. The van der Waals surface area contributed by atoms with E-state index in [0.29, 0.717) is 23.4 Å². The molecule has 1 fully saturated rings. The Hall–Kier alpha value is -3.97. The summed E-state index contributed by atoms with van der Waals surface area (Å²) < 4.78 is 20.1. The maximum atomic E-state index is 14.9. The van der Waals surface area contributed by atoms with E-state index < -0.39 is 23.9 Å². The number of nitrogens with zero attached hydrogens (tertiary/aromatic N) is 3. The summed E-state index contributed by atoms with van der Waals surface area (Å²) in [5.41, 5.74) is 7.42. The average Bonchev–Trinajstić information content (AvgIpc) is 3.13. The third kappa shape index (κ3) is 6.27. The number of nitrogens with one attached hydrogen (secondary N) is 1. The monoisotopic (exact) mass is 453 g/mol. The molecule has 172 valence electrons. The van der Waals surface area contributed by atoms with Gasteiger partial charge in [-0.15, -0.1) is 0 Å². The topological polar surface area (TPSA) is 129 Å². The van der Waals surface area contributed by atoms with Gasteiger partial charge in [-0.2, -0.15) is 5.26 Å². The Morgan fingerprint density at radius 1 is 1.30 bits per heavy atom. The lowest BCUT2D eigenvalue weighted by atomic mass is 10.0. The van der Waals surface area contributed by atoms with E-state index >= 15 is 0 Å². The molecule has 1 saturated heterocycles. The Bertz CT molecular complexity index is 1080. The van der Waals surface area contributed by atoms with Crippen molar-refractivity contribution in [2.75, 3.05) is 31.1 Å². The van der Waals surface area contributed by atoms with Crippen molar-refractivity contribution < 1.29 is 23.5 Å². The number of carbonyl (C=O) groups is 3. The third-order valence-electron chi connectivity index (χ3n) is 5.06. The van der Waals surface area contributed by atoms with Gasteiger partial charge in [-0.05, 0) is 29.3 Å². The van der Waals surface area contributed by atoms with Crippen LogP contribution in [0.1, 0.15) is 12.5 Å². The Morgan fingerprint density at radius 2 is 2.03 bits per heavy atom. The summed E-state index contributed by atoms with van der Waals surface area (Å²) in [6.45, 7) is 2.15. The highest BCUT2D eigenvalue weighted by Crippen LogP contribution is 2.29. The molecule has 0 aliphatic carbocycles. The third-order valence-corrected chi connectivity index (χ3v) is 5.06. The molecule has 0 spiro atoms. The highest BCUT2D eigenvalue weighted by Gasteiger charge is 2.32. The second-order valence-corrected chi connectivity index (χ2v) is 7.68. The molecule has 3 N–H and O–H groups in total. The van der Waals surface area contributed by atoms with E-state index in [1.807, 2.05) is 6.07 Å². The van der Waals surface area contributed by atoms with Crippen molar-refractivity contribution in [2.24, 2.45) is 5.73 Å². The van der Waals surface area contributed by atoms with E-state index in [2.05, 4.69) is 5.32 Å². The molecule has 2 aromatic rings. The van der Waals surface area contributed by atoms with Crippen LogP contribution < -0.4 is 16.0 Å². The van der Waals surface area contributed by atoms with Crippen LogP contribution in [-0.4, -0.2) is 55.1 Å². The van der Waals surface area contributed by atoms with Gasteiger partial charge >= 0.3 is 6.09 Å². The van der Waals surface area contributed by atoms with Gasteiger partial charge in [-0.25, -0.2) is 9.18 Å². The number of amides is 3. The van der Waals surface area contributed by atoms with Gasteiger partial charge in [0.2, 0.25) is 11.8 Å². The van der Waals surface area contributed by atoms with Crippen LogP contribution in [0.4, 0.5) is 14.9 Å². The molecule has 0 bridgehead atoms. The van der Waals surface area contributed by atoms with Gasteiger partial charge in [0.05, 0.1) is 37.9 Å². The lowest BCUT2D eigenvalue weighted by Crippen LogP contribution is -2.33. The quantitative estimate of drug-likeness (QED) is 0.557. The number of nitriles is 1. The number of halogens is 1. The van der Waals surface area contributed by atoms with E-state index in [1.165, 1.54) is 17.9 Å². The SMILES string of the molecule is CC(=O)NC[C@H]1CN(c2ccc(-c3ccc(CN(CC#N)CC(N)=O)cc3)c(F)c2)C(=O)O1. The highest BCUT2D eigenvalue weighted by molar-refractivity contribution is 5.90. The van der Waals surface area contributed by atoms with Crippen molar-refractivity contribution in [1.82, 2.24) is 10.2 Å². The Morgan fingerprint density at radius 3 is 2.64 bits per heavy atom. The second kappa shape index (κ2) is 10.6. The molecule has 3 amide bonds. The first-order valence-corrected chi connectivity index (χ1v) is 10.3. The van der Waals surface area contributed by atoms with Gasteiger partial charge in [0.25, 0.3) is 0 Å². The van der Waals surface area contributed by atoms with Gasteiger partial charge in [0, 0.05) is 19.0 Å². The molecule has 0 radical (unpaired) electrons. The Kier molecular flexibility index (Phi) is 7.58. The summed E-state index contributed by atoms with van der Waals surface area (Å²) >= 11 is 0. The number of primary amides is 1. The van der Waals surface area contributed by atoms with Crippen LogP contribution in [0.25, 0.3) is 11.1 Å². The standard InChI is InChI=1S/C23H24FN5O4/c1-15(30)27-11-19-13-29(23(32)33-19)18-6-7-20(21(24)10-18)17-4-2-16(3-5-17)12-28(9-8-25)14-22(26)31/h2-7,10,19H,9,11-14H2,1H3,(H2,26,31)(H,27,30)/t19-/m0/s1. The zero-order chi connectivity index (χ0) is 24.0. The van der Waals surface area contributed by atoms with Gasteiger partial charge in [-0.1, -0.05) is 24.3 Å². The van der Waals surface area contributed by atoms with Crippen LogP contribution in [0.3, 0.4) is 0 Å². The molecule has 1 aliphatic rings. The van der Waals surface area contributed by atoms with Crippen molar-refractivity contribution in [3.05, 3.63) is 53.8 Å². The number of cyclic esters (lactones) is 1. The summed E-state index contributed by atoms with van der Waals surface area (Å²) in [5.74, 6) is -1.25. The molecular weight excluding hydrogens is 429 g/mol. The Balaban J connectivity index is 1.70. The van der Waals surface area contributed by atoms with Gasteiger partial charge in [0.15, 0.2) is 0 Å². The van der Waals surface area contributed by atoms with Crippen molar-refractivity contribution in [3.63, 3.8) is 0 Å². The van der Waals surface area contributed by atoms with Crippen LogP contribution in [0, 0.1) is 17.1 Å². The molecule has 3 rings (SSSR count). The first kappa shape index (κ1) is 23.7. The summed E-state index contributed by atoms with van der Waals surface area (Å²) in [7, 11) is 0. The summed E-state index contributed by atoms with van der Waals surface area (Å²) in [6, 6.07) is 13.6. The van der Waals surface area contributed by atoms with Crippen LogP contribution in [0.5, 0.6) is 0 Å². The fraction of sp³-hybridized carbons (Fsp3) is 0.304. The normalized spacial score (nSPS) is 15.3. The predicted molar refractivity (Wildman–Crippen MR) is 118 cm³/mol. The molecule has 33 heavy (non-hydrogen) atoms. The molecule has 10 heteroatoms. The van der Waals surface area contributed by atoms with Gasteiger partial charge in [0.1, 0.15) is 11.9 Å². The van der Waals surface area contributed by atoms with Crippen molar-refractivity contribution in [3.8, 4) is 17.2 Å². The van der Waals surface area contributed by atoms with E-state index in [1.54, 1.807) is 41.3 Å². The van der Waals surface area contributed by atoms with Crippen molar-refractivity contribution in [1.29, 1.82) is 5.26 Å². The molecule has 0 aromatic heterocycles. The number of carbonyl (C=O) groups excluding carboxylic acids is 3.